The van der Waals surface area contributed by atoms with Crippen LogP contribution in [0.1, 0.15) is 11.3 Å². The van der Waals surface area contributed by atoms with Gasteiger partial charge in [-0.2, -0.15) is 8.42 Å². The van der Waals surface area contributed by atoms with Crippen LogP contribution in [0, 0.1) is 13.8 Å². The molecule has 1 aromatic carbocycles. The first-order chi connectivity index (χ1) is 7.97. The van der Waals surface area contributed by atoms with Gasteiger partial charge in [0.05, 0.1) is 0 Å². The van der Waals surface area contributed by atoms with E-state index in [1.165, 1.54) is 18.2 Å². The molecule has 0 saturated carbocycles. The third kappa shape index (κ3) is 2.65. The van der Waals surface area contributed by atoms with E-state index < -0.39 is 10.1 Å². The van der Waals surface area contributed by atoms with E-state index in [0.717, 1.165) is 11.3 Å². The van der Waals surface area contributed by atoms with Crippen molar-refractivity contribution in [1.29, 1.82) is 0 Å². The SMILES string of the molecule is Cc1ccc(S(=O)(=O)Oc2cc(C)[nH]n2)cc1. The van der Waals surface area contributed by atoms with Crippen molar-refractivity contribution in [3.05, 3.63) is 41.6 Å². The lowest BCUT2D eigenvalue weighted by atomic mass is 10.2. The monoisotopic (exact) mass is 252 g/mol. The second kappa shape index (κ2) is 4.21. The molecule has 17 heavy (non-hydrogen) atoms. The maximum Gasteiger partial charge on any atom is 0.340 e. The van der Waals surface area contributed by atoms with Gasteiger partial charge in [-0.25, -0.2) is 0 Å². The number of nitrogens with zero attached hydrogens (tertiary/aromatic N) is 1. The maximum atomic E-state index is 11.8. The molecule has 1 N–H and O–H groups in total. The average Bonchev–Trinajstić information content (AvgIpc) is 2.63. The van der Waals surface area contributed by atoms with Gasteiger partial charge >= 0.3 is 10.1 Å². The van der Waals surface area contributed by atoms with E-state index in [-0.39, 0.29) is 10.8 Å². The first-order valence-electron chi connectivity index (χ1n) is 5.00. The minimum atomic E-state index is -3.80. The predicted octanol–water partition coefficient (Wildman–Crippen LogP) is 1.79. The fourth-order valence-corrected chi connectivity index (χ4v) is 2.18. The molecule has 1 aromatic heterocycles. The molecule has 0 aliphatic rings. The van der Waals surface area contributed by atoms with Crippen molar-refractivity contribution in [3.8, 4) is 5.88 Å². The van der Waals surface area contributed by atoms with Crippen LogP contribution in [0.25, 0.3) is 0 Å². The summed E-state index contributed by atoms with van der Waals surface area (Å²) in [4.78, 5) is 0.115. The van der Waals surface area contributed by atoms with Crippen molar-refractivity contribution in [2.24, 2.45) is 0 Å². The second-order valence-corrected chi connectivity index (χ2v) is 5.29. The minimum Gasteiger partial charge on any atom is -0.357 e. The fourth-order valence-electron chi connectivity index (χ4n) is 1.30. The summed E-state index contributed by atoms with van der Waals surface area (Å²) >= 11 is 0. The zero-order valence-corrected chi connectivity index (χ0v) is 10.3. The zero-order valence-electron chi connectivity index (χ0n) is 9.47. The van der Waals surface area contributed by atoms with Gasteiger partial charge in [0, 0.05) is 11.8 Å². The Morgan fingerprint density at radius 1 is 1.18 bits per heavy atom. The van der Waals surface area contributed by atoms with E-state index in [4.69, 9.17) is 4.18 Å². The highest BCUT2D eigenvalue weighted by Gasteiger charge is 2.17. The Labute approximate surface area is 99.6 Å². The number of hydrogen-bond donors (Lipinski definition) is 1. The third-order valence-electron chi connectivity index (χ3n) is 2.19. The highest BCUT2D eigenvalue weighted by molar-refractivity contribution is 7.87. The van der Waals surface area contributed by atoms with Crippen molar-refractivity contribution in [2.75, 3.05) is 0 Å². The second-order valence-electron chi connectivity index (χ2n) is 3.74. The molecule has 0 saturated heterocycles. The number of rotatable bonds is 3. The van der Waals surface area contributed by atoms with E-state index in [2.05, 4.69) is 10.2 Å². The largest absolute Gasteiger partial charge is 0.357 e. The molecule has 0 spiro atoms. The van der Waals surface area contributed by atoms with Crippen LogP contribution in [0.5, 0.6) is 5.88 Å². The van der Waals surface area contributed by atoms with E-state index in [9.17, 15) is 8.42 Å². The molecule has 0 aliphatic carbocycles. The van der Waals surface area contributed by atoms with Gasteiger partial charge in [0.15, 0.2) is 0 Å². The summed E-state index contributed by atoms with van der Waals surface area (Å²) in [7, 11) is -3.80. The van der Waals surface area contributed by atoms with Gasteiger partial charge < -0.3 is 4.18 Å². The Hall–Kier alpha value is -1.82. The Morgan fingerprint density at radius 3 is 2.35 bits per heavy atom. The summed E-state index contributed by atoms with van der Waals surface area (Å²) in [5.74, 6) is 0.0445. The molecule has 0 amide bonds. The van der Waals surface area contributed by atoms with Crippen LogP contribution in [-0.2, 0) is 10.1 Å². The van der Waals surface area contributed by atoms with Crippen molar-refractivity contribution in [1.82, 2.24) is 10.2 Å². The van der Waals surface area contributed by atoms with Crippen LogP contribution in [-0.4, -0.2) is 18.6 Å². The first kappa shape index (κ1) is 11.7. The number of nitrogens with one attached hydrogen (secondary N) is 1. The van der Waals surface area contributed by atoms with Crippen molar-refractivity contribution in [2.45, 2.75) is 18.7 Å². The van der Waals surface area contributed by atoms with Gasteiger partial charge in [-0.1, -0.05) is 17.7 Å². The lowest BCUT2D eigenvalue weighted by Gasteiger charge is -2.03. The molecule has 0 atom stereocenters. The summed E-state index contributed by atoms with van der Waals surface area (Å²) in [6.07, 6.45) is 0. The van der Waals surface area contributed by atoms with Crippen LogP contribution in [0.4, 0.5) is 0 Å². The van der Waals surface area contributed by atoms with E-state index in [1.807, 2.05) is 6.92 Å². The normalized spacial score (nSPS) is 11.4. The lowest BCUT2D eigenvalue weighted by molar-refractivity contribution is 0.475. The summed E-state index contributed by atoms with van der Waals surface area (Å²) in [6.45, 7) is 3.65. The van der Waals surface area contributed by atoms with Crippen molar-refractivity contribution in [3.63, 3.8) is 0 Å². The molecule has 2 rings (SSSR count). The van der Waals surface area contributed by atoms with Gasteiger partial charge in [0.25, 0.3) is 5.88 Å². The van der Waals surface area contributed by atoms with Crippen LogP contribution in [0.2, 0.25) is 0 Å². The van der Waals surface area contributed by atoms with E-state index in [1.54, 1.807) is 19.1 Å². The summed E-state index contributed by atoms with van der Waals surface area (Å²) < 4.78 is 28.6. The van der Waals surface area contributed by atoms with Crippen LogP contribution in [0.3, 0.4) is 0 Å². The van der Waals surface area contributed by atoms with E-state index >= 15 is 0 Å². The molecule has 5 nitrogen and oxygen atoms in total. The van der Waals surface area contributed by atoms with Crippen molar-refractivity contribution >= 4 is 10.1 Å². The first-order valence-corrected chi connectivity index (χ1v) is 6.41. The molecule has 0 bridgehead atoms. The molecular weight excluding hydrogens is 240 g/mol. The van der Waals surface area contributed by atoms with Gasteiger partial charge in [0.2, 0.25) is 0 Å². The lowest BCUT2D eigenvalue weighted by Crippen LogP contribution is -2.09. The van der Waals surface area contributed by atoms with E-state index in [0.29, 0.717) is 0 Å². The van der Waals surface area contributed by atoms with Gasteiger partial charge in [0.1, 0.15) is 4.90 Å². The number of benzene rings is 1. The number of aromatic amines is 1. The fraction of sp³-hybridized carbons (Fsp3) is 0.182. The molecule has 0 aliphatic heterocycles. The molecule has 6 heteroatoms. The quantitative estimate of drug-likeness (QED) is 0.845. The maximum absolute atomic E-state index is 11.8. The molecule has 2 aromatic rings. The predicted molar refractivity (Wildman–Crippen MR) is 62.3 cm³/mol. The van der Waals surface area contributed by atoms with Crippen LogP contribution in [0.15, 0.2) is 35.2 Å². The molecule has 0 radical (unpaired) electrons. The van der Waals surface area contributed by atoms with Gasteiger partial charge in [-0.05, 0) is 26.0 Å². The Morgan fingerprint density at radius 2 is 1.82 bits per heavy atom. The Kier molecular flexibility index (Phi) is 2.89. The Balaban J connectivity index is 2.28. The van der Waals surface area contributed by atoms with Crippen LogP contribution < -0.4 is 4.18 Å². The van der Waals surface area contributed by atoms with Crippen molar-refractivity contribution < 1.29 is 12.6 Å². The highest BCUT2D eigenvalue weighted by atomic mass is 32.2. The molecule has 1 heterocycles. The molecular formula is C11H12N2O3S. The zero-order chi connectivity index (χ0) is 12.5. The highest BCUT2D eigenvalue weighted by Crippen LogP contribution is 2.17. The topological polar surface area (TPSA) is 72.1 Å². The molecule has 90 valence electrons. The Bertz CT molecular complexity index is 614. The average molecular weight is 252 g/mol. The smallest absolute Gasteiger partial charge is 0.340 e. The van der Waals surface area contributed by atoms with Gasteiger partial charge in [-0.15, -0.1) is 5.10 Å². The molecule has 0 unspecified atom stereocenters. The number of aryl methyl sites for hydroxylation is 2. The summed E-state index contributed by atoms with van der Waals surface area (Å²) in [6, 6.07) is 7.96. The number of hydrogen-bond acceptors (Lipinski definition) is 4. The summed E-state index contributed by atoms with van der Waals surface area (Å²) in [5.41, 5.74) is 1.72. The number of H-pyrrole nitrogens is 1. The molecule has 0 fully saturated rings. The van der Waals surface area contributed by atoms with Gasteiger partial charge in [-0.3, -0.25) is 5.10 Å². The number of aromatic nitrogens is 2. The minimum absolute atomic E-state index is 0.0445. The summed E-state index contributed by atoms with van der Waals surface area (Å²) in [5, 5.41) is 6.33. The third-order valence-corrected chi connectivity index (χ3v) is 3.43. The van der Waals surface area contributed by atoms with Crippen LogP contribution >= 0.6 is 0 Å². The standard InChI is InChI=1S/C11H12N2O3S/c1-8-3-5-10(6-4-8)17(14,15)16-11-7-9(2)12-13-11/h3-7H,1-2H3,(H,12,13).